The van der Waals surface area contributed by atoms with Crippen LogP contribution in [0, 0.1) is 5.82 Å². The lowest BCUT2D eigenvalue weighted by molar-refractivity contribution is -0.231. The Morgan fingerprint density at radius 1 is 1.08 bits per heavy atom. The summed E-state index contributed by atoms with van der Waals surface area (Å²) in [6.07, 6.45) is -12.4. The van der Waals surface area contributed by atoms with E-state index in [0.29, 0.717) is 24.2 Å². The normalized spacial score (nSPS) is 20.2. The van der Waals surface area contributed by atoms with Crippen molar-refractivity contribution in [3.8, 4) is 0 Å². The molecule has 1 aliphatic rings. The Morgan fingerprint density at radius 2 is 1.70 bits per heavy atom. The number of ether oxygens (including phenoxy) is 2. The second-order valence-electron chi connectivity index (χ2n) is 8.45. The topological polar surface area (TPSA) is 83.2 Å². The minimum absolute atomic E-state index is 0.0427. The fraction of sp³-hybridized carbons (Fsp3) is 0.391. The molecule has 3 atom stereocenters. The van der Waals surface area contributed by atoms with E-state index in [4.69, 9.17) is 9.47 Å². The van der Waals surface area contributed by atoms with Gasteiger partial charge < -0.3 is 9.47 Å². The van der Waals surface area contributed by atoms with Crippen LogP contribution in [0.15, 0.2) is 47.3 Å². The Bertz CT molecular complexity index is 1240. The van der Waals surface area contributed by atoms with E-state index >= 15 is 0 Å². The molecule has 1 aliphatic heterocycles. The van der Waals surface area contributed by atoms with Crippen molar-refractivity contribution in [2.24, 2.45) is 0 Å². The number of nitrogens with zero attached hydrogens (tertiary/aromatic N) is 2. The third-order valence-electron chi connectivity index (χ3n) is 5.84. The Kier molecular flexibility index (Phi) is 7.44. The average molecular weight is 534 g/mol. The number of alkyl halides is 6. The summed E-state index contributed by atoms with van der Waals surface area (Å²) in [5.41, 5.74) is -3.30. The standard InChI is InChI=1S/C23H21F7N4O3/c1-12(14-8-15(22(25,26)27)10-16(9-14)23(28,29)30)37-20-19(13-2-4-17(24)5-3-13)34(6-7-36-20)11-18-31-21(35)33-32-18/h2-5,8-10,12,19-20H,6-7,11H2,1H3,(H2,31,32,33,35)/t12-,19?,20+/m1/s1. The second kappa shape index (κ2) is 10.3. The molecule has 0 aliphatic carbocycles. The average Bonchev–Trinajstić information content (AvgIpc) is 3.23. The number of aromatic nitrogens is 3. The first kappa shape index (κ1) is 26.8. The number of benzene rings is 2. The van der Waals surface area contributed by atoms with E-state index in [1.54, 1.807) is 4.90 Å². The molecule has 0 saturated carbocycles. The maximum absolute atomic E-state index is 13.6. The lowest BCUT2D eigenvalue weighted by Gasteiger charge is -2.41. The lowest BCUT2D eigenvalue weighted by atomic mass is 10.0. The predicted molar refractivity (Wildman–Crippen MR) is 114 cm³/mol. The van der Waals surface area contributed by atoms with E-state index in [1.807, 2.05) is 0 Å². The van der Waals surface area contributed by atoms with Crippen molar-refractivity contribution in [2.45, 2.75) is 44.3 Å². The smallest absolute Gasteiger partial charge is 0.349 e. The summed E-state index contributed by atoms with van der Waals surface area (Å²) in [7, 11) is 0. The van der Waals surface area contributed by atoms with E-state index in [9.17, 15) is 35.5 Å². The number of morpholine rings is 1. The van der Waals surface area contributed by atoms with E-state index in [0.717, 1.165) is 0 Å². The SMILES string of the molecule is C[C@@H](O[C@@H]1OCCN(Cc2n[nH]c(=O)[nH]2)C1c1ccc(F)cc1)c1cc(C(F)(F)F)cc(C(F)(F)F)c1. The van der Waals surface area contributed by atoms with Crippen LogP contribution in [-0.2, 0) is 28.4 Å². The van der Waals surface area contributed by atoms with Gasteiger partial charge >= 0.3 is 18.0 Å². The van der Waals surface area contributed by atoms with Crippen LogP contribution in [0.5, 0.6) is 0 Å². The summed E-state index contributed by atoms with van der Waals surface area (Å²) < 4.78 is 105. The zero-order valence-corrected chi connectivity index (χ0v) is 19.2. The summed E-state index contributed by atoms with van der Waals surface area (Å²) in [5.74, 6) is -0.239. The molecule has 200 valence electrons. The predicted octanol–water partition coefficient (Wildman–Crippen LogP) is 4.95. The Hall–Kier alpha value is -3.23. The maximum atomic E-state index is 13.6. The fourth-order valence-electron chi connectivity index (χ4n) is 4.07. The van der Waals surface area contributed by atoms with Crippen molar-refractivity contribution in [2.75, 3.05) is 13.2 Å². The minimum Gasteiger partial charge on any atom is -0.349 e. The molecule has 7 nitrogen and oxygen atoms in total. The molecule has 4 rings (SSSR count). The molecule has 0 radical (unpaired) electrons. The molecule has 2 aromatic carbocycles. The third-order valence-corrected chi connectivity index (χ3v) is 5.84. The summed E-state index contributed by atoms with van der Waals surface area (Å²) in [5, 5.41) is 6.10. The molecule has 37 heavy (non-hydrogen) atoms. The summed E-state index contributed by atoms with van der Waals surface area (Å²) in [4.78, 5) is 15.7. The Morgan fingerprint density at radius 3 is 2.24 bits per heavy atom. The van der Waals surface area contributed by atoms with Gasteiger partial charge in [0, 0.05) is 6.54 Å². The molecule has 3 aromatic rings. The first-order valence-corrected chi connectivity index (χ1v) is 11.0. The molecule has 2 heterocycles. The van der Waals surface area contributed by atoms with E-state index in [2.05, 4.69) is 15.2 Å². The molecule has 1 saturated heterocycles. The first-order valence-electron chi connectivity index (χ1n) is 11.0. The van der Waals surface area contributed by atoms with Crippen LogP contribution in [0.4, 0.5) is 30.7 Å². The first-order chi connectivity index (χ1) is 17.3. The van der Waals surface area contributed by atoms with Gasteiger partial charge in [-0.3, -0.25) is 9.88 Å². The molecule has 1 fully saturated rings. The molecule has 1 aromatic heterocycles. The van der Waals surface area contributed by atoms with E-state index < -0.39 is 53.4 Å². The highest BCUT2D eigenvalue weighted by molar-refractivity contribution is 5.34. The fourth-order valence-corrected chi connectivity index (χ4v) is 4.07. The van der Waals surface area contributed by atoms with Crippen molar-refractivity contribution in [3.63, 3.8) is 0 Å². The number of rotatable bonds is 6. The highest BCUT2D eigenvalue weighted by atomic mass is 19.4. The van der Waals surface area contributed by atoms with Gasteiger partial charge in [0.25, 0.3) is 0 Å². The van der Waals surface area contributed by atoms with Crippen molar-refractivity contribution >= 4 is 0 Å². The van der Waals surface area contributed by atoms with E-state index in [-0.39, 0.29) is 30.6 Å². The zero-order valence-electron chi connectivity index (χ0n) is 19.2. The van der Waals surface area contributed by atoms with Crippen LogP contribution in [-0.4, -0.2) is 39.5 Å². The van der Waals surface area contributed by atoms with Gasteiger partial charge in [0.15, 0.2) is 6.29 Å². The molecular weight excluding hydrogens is 513 g/mol. The molecule has 14 heteroatoms. The third kappa shape index (κ3) is 6.37. The quantitative estimate of drug-likeness (QED) is 0.438. The molecule has 1 unspecified atom stereocenters. The van der Waals surface area contributed by atoms with Crippen LogP contribution >= 0.6 is 0 Å². The monoisotopic (exact) mass is 534 g/mol. The van der Waals surface area contributed by atoms with Gasteiger partial charge in [-0.2, -0.15) is 31.4 Å². The minimum atomic E-state index is -5.01. The largest absolute Gasteiger partial charge is 0.416 e. The number of hydrogen-bond acceptors (Lipinski definition) is 5. The molecule has 0 spiro atoms. The van der Waals surface area contributed by atoms with Crippen molar-refractivity contribution in [1.29, 1.82) is 0 Å². The van der Waals surface area contributed by atoms with Crippen LogP contribution in [0.2, 0.25) is 0 Å². The Labute approximate surface area is 205 Å². The van der Waals surface area contributed by atoms with Gasteiger partial charge in [-0.1, -0.05) is 12.1 Å². The van der Waals surface area contributed by atoms with Crippen molar-refractivity contribution < 1.29 is 40.2 Å². The van der Waals surface area contributed by atoms with Crippen LogP contribution in [0.25, 0.3) is 0 Å². The van der Waals surface area contributed by atoms with Crippen molar-refractivity contribution in [3.05, 3.63) is 86.8 Å². The number of hydrogen-bond donors (Lipinski definition) is 2. The molecule has 2 N–H and O–H groups in total. The number of H-pyrrole nitrogens is 2. The van der Waals surface area contributed by atoms with Crippen LogP contribution in [0.1, 0.15) is 47.1 Å². The summed E-state index contributed by atoms with van der Waals surface area (Å²) in [6, 6.07) is 5.79. The molecular formula is C23H21F7N4O3. The zero-order chi connectivity index (χ0) is 27.0. The van der Waals surface area contributed by atoms with Gasteiger partial charge in [0.05, 0.1) is 36.4 Å². The van der Waals surface area contributed by atoms with Crippen LogP contribution < -0.4 is 5.69 Å². The Balaban J connectivity index is 1.66. The maximum Gasteiger partial charge on any atom is 0.416 e. The number of aromatic amines is 2. The van der Waals surface area contributed by atoms with Gasteiger partial charge in [0.1, 0.15) is 11.6 Å². The number of halogens is 7. The van der Waals surface area contributed by atoms with Gasteiger partial charge in [-0.25, -0.2) is 14.3 Å². The molecule has 0 amide bonds. The van der Waals surface area contributed by atoms with Gasteiger partial charge in [-0.05, 0) is 48.4 Å². The lowest BCUT2D eigenvalue weighted by Crippen LogP contribution is -2.46. The van der Waals surface area contributed by atoms with Crippen LogP contribution in [0.3, 0.4) is 0 Å². The second-order valence-corrected chi connectivity index (χ2v) is 8.45. The van der Waals surface area contributed by atoms with Crippen molar-refractivity contribution in [1.82, 2.24) is 20.1 Å². The summed E-state index contributed by atoms with van der Waals surface area (Å²) >= 11 is 0. The van der Waals surface area contributed by atoms with Gasteiger partial charge in [0.2, 0.25) is 0 Å². The number of nitrogens with one attached hydrogen (secondary N) is 2. The van der Waals surface area contributed by atoms with E-state index in [1.165, 1.54) is 31.2 Å². The van der Waals surface area contributed by atoms with Gasteiger partial charge in [-0.15, -0.1) is 0 Å². The highest BCUT2D eigenvalue weighted by Crippen LogP contribution is 2.39. The molecule has 0 bridgehead atoms. The summed E-state index contributed by atoms with van der Waals surface area (Å²) in [6.45, 7) is 1.82. The highest BCUT2D eigenvalue weighted by Gasteiger charge is 2.39.